The fourth-order valence-corrected chi connectivity index (χ4v) is 6.59. The zero-order valence-corrected chi connectivity index (χ0v) is 21.7. The van der Waals surface area contributed by atoms with Gasteiger partial charge in [0.2, 0.25) is 10.0 Å². The van der Waals surface area contributed by atoms with E-state index in [-0.39, 0.29) is 24.2 Å². The molecule has 0 radical (unpaired) electrons. The Balaban J connectivity index is 1.40. The number of amides is 1. The quantitative estimate of drug-likeness (QED) is 0.512. The second kappa shape index (κ2) is 9.55. The number of carbonyl (C=O) groups is 1. The third-order valence-electron chi connectivity index (χ3n) is 7.04. The molecule has 0 bridgehead atoms. The van der Waals surface area contributed by atoms with Crippen LogP contribution in [0.4, 0.5) is 5.69 Å². The van der Waals surface area contributed by atoms with Gasteiger partial charge in [0, 0.05) is 6.54 Å². The van der Waals surface area contributed by atoms with Gasteiger partial charge in [0.1, 0.15) is 11.3 Å². The first-order valence-corrected chi connectivity index (χ1v) is 13.9. The van der Waals surface area contributed by atoms with E-state index in [9.17, 15) is 13.2 Å². The molecule has 9 heteroatoms. The van der Waals surface area contributed by atoms with E-state index < -0.39 is 15.6 Å². The van der Waals surface area contributed by atoms with Crippen molar-refractivity contribution in [2.75, 3.05) is 23.7 Å². The topological polar surface area (TPSA) is 103 Å². The minimum absolute atomic E-state index is 0.00952. The van der Waals surface area contributed by atoms with Crippen LogP contribution in [0.3, 0.4) is 0 Å². The Morgan fingerprint density at radius 2 is 1.73 bits per heavy atom. The van der Waals surface area contributed by atoms with Gasteiger partial charge in [-0.15, -0.1) is 0 Å². The number of benzene rings is 3. The highest BCUT2D eigenvalue weighted by Crippen LogP contribution is 2.33. The first-order valence-electron chi connectivity index (χ1n) is 12.2. The number of ether oxygens (including phenoxy) is 1. The molecule has 2 aliphatic rings. The van der Waals surface area contributed by atoms with Crippen LogP contribution in [0.2, 0.25) is 0 Å². The summed E-state index contributed by atoms with van der Waals surface area (Å²) < 4.78 is 31.9. The normalized spacial score (nSPS) is 21.1. The summed E-state index contributed by atoms with van der Waals surface area (Å²) in [4.78, 5) is 15.1. The molecule has 1 atom stereocenters. The molecule has 0 saturated carbocycles. The predicted molar refractivity (Wildman–Crippen MR) is 144 cm³/mol. The van der Waals surface area contributed by atoms with Gasteiger partial charge < -0.3 is 10.1 Å². The van der Waals surface area contributed by atoms with E-state index in [0.717, 1.165) is 34.4 Å². The Hall–Kier alpha value is -3.85. The van der Waals surface area contributed by atoms with Crippen LogP contribution in [-0.2, 0) is 26.9 Å². The van der Waals surface area contributed by atoms with Crippen LogP contribution >= 0.6 is 0 Å². The van der Waals surface area contributed by atoms with E-state index in [1.165, 1.54) is 9.21 Å². The minimum Gasteiger partial charge on any atom is -0.497 e. The summed E-state index contributed by atoms with van der Waals surface area (Å²) in [7, 11) is -1.71. The number of nitrogens with zero attached hydrogens (tertiary/aromatic N) is 2. The average molecular weight is 519 g/mol. The number of guanidine groups is 1. The molecule has 2 saturated heterocycles. The van der Waals surface area contributed by atoms with E-state index in [2.05, 4.69) is 5.32 Å². The van der Waals surface area contributed by atoms with E-state index in [1.54, 1.807) is 32.2 Å². The number of rotatable bonds is 6. The highest BCUT2D eigenvalue weighted by molar-refractivity contribution is 7.92. The molecule has 0 aromatic heterocycles. The van der Waals surface area contributed by atoms with Crippen molar-refractivity contribution in [3.05, 3.63) is 83.9 Å². The number of methoxy groups -OCH3 is 1. The van der Waals surface area contributed by atoms with Crippen LogP contribution in [0, 0.1) is 5.41 Å². The zero-order chi connectivity index (χ0) is 26.2. The fraction of sp³-hybridized carbons (Fsp3) is 0.286. The second-order valence-corrected chi connectivity index (χ2v) is 11.6. The number of hydrogen-bond acceptors (Lipinski definition) is 5. The molecule has 8 nitrogen and oxygen atoms in total. The molecular formula is C28H30N4O4S. The summed E-state index contributed by atoms with van der Waals surface area (Å²) in [6.45, 7) is 2.40. The van der Waals surface area contributed by atoms with Gasteiger partial charge in [-0.05, 0) is 72.4 Å². The van der Waals surface area contributed by atoms with Gasteiger partial charge in [0.05, 0.1) is 25.1 Å². The fourth-order valence-electron chi connectivity index (χ4n) is 4.96. The molecule has 1 amide bonds. The molecule has 3 aromatic rings. The van der Waals surface area contributed by atoms with Crippen LogP contribution < -0.4 is 14.4 Å². The maximum atomic E-state index is 13.7. The summed E-state index contributed by atoms with van der Waals surface area (Å²) in [5.41, 5.74) is 2.89. The number of anilines is 1. The van der Waals surface area contributed by atoms with Crippen molar-refractivity contribution in [3.63, 3.8) is 0 Å². The summed E-state index contributed by atoms with van der Waals surface area (Å²) in [6, 6.07) is 22.6. The molecule has 2 fully saturated rings. The van der Waals surface area contributed by atoms with Gasteiger partial charge in [-0.2, -0.15) is 0 Å². The monoisotopic (exact) mass is 518 g/mol. The van der Waals surface area contributed by atoms with Crippen LogP contribution in [0.5, 0.6) is 5.75 Å². The minimum atomic E-state index is -3.34. The molecule has 192 valence electrons. The Morgan fingerprint density at radius 3 is 2.49 bits per heavy atom. The van der Waals surface area contributed by atoms with E-state index >= 15 is 0 Å². The summed E-state index contributed by atoms with van der Waals surface area (Å²) >= 11 is 0. The molecule has 3 aromatic carbocycles. The molecule has 0 spiro atoms. The average Bonchev–Trinajstić information content (AvgIpc) is 3.12. The summed E-state index contributed by atoms with van der Waals surface area (Å²) in [5, 5.41) is 11.6. The Morgan fingerprint density at radius 1 is 1.00 bits per heavy atom. The van der Waals surface area contributed by atoms with Crippen molar-refractivity contribution in [1.29, 1.82) is 5.41 Å². The van der Waals surface area contributed by atoms with Gasteiger partial charge in [-0.1, -0.05) is 42.5 Å². The Labute approximate surface area is 217 Å². The highest BCUT2D eigenvalue weighted by atomic mass is 32.2. The molecule has 2 heterocycles. The molecule has 37 heavy (non-hydrogen) atoms. The summed E-state index contributed by atoms with van der Waals surface area (Å²) in [6.07, 6.45) is 1.48. The lowest BCUT2D eigenvalue weighted by atomic mass is 9.89. The molecule has 1 unspecified atom stereocenters. The molecule has 2 aliphatic heterocycles. The Kier molecular flexibility index (Phi) is 6.41. The van der Waals surface area contributed by atoms with Gasteiger partial charge in [0.25, 0.3) is 5.91 Å². The second-order valence-electron chi connectivity index (χ2n) is 9.57. The predicted octanol–water partition coefficient (Wildman–Crippen LogP) is 4.07. The number of hydrogen-bond donors (Lipinski definition) is 2. The first-order chi connectivity index (χ1) is 17.7. The smallest absolute Gasteiger partial charge is 0.259 e. The maximum Gasteiger partial charge on any atom is 0.259 e. The standard InChI is InChI=1S/C28H30N4O4S/c1-28(23-11-6-9-21(17-23)22-10-7-13-25(18-22)36-2)26(33)31(27(29)30-28)19-20-8-5-12-24(16-20)32-14-3-4-15-37(32,34)35/h5-13,16-18H,3-4,14-15,19H2,1-2H3,(H2,29,30). The number of carbonyl (C=O) groups excluding carboxylic acids is 1. The van der Waals surface area contributed by atoms with Gasteiger partial charge in [-0.3, -0.25) is 19.4 Å². The SMILES string of the molecule is COc1cccc(-c2cccc(C3(C)NC(=N)N(Cc4cccc(N5CCCCS5(=O)=O)c4)C3=O)c2)c1. The molecular weight excluding hydrogens is 488 g/mol. The van der Waals surface area contributed by atoms with Crippen molar-refractivity contribution in [1.82, 2.24) is 10.2 Å². The van der Waals surface area contributed by atoms with Crippen LogP contribution in [-0.4, -0.2) is 44.6 Å². The van der Waals surface area contributed by atoms with Gasteiger partial charge in [-0.25, -0.2) is 8.42 Å². The van der Waals surface area contributed by atoms with Crippen molar-refractivity contribution in [3.8, 4) is 16.9 Å². The lowest BCUT2D eigenvalue weighted by Gasteiger charge is -2.28. The molecule has 2 N–H and O–H groups in total. The molecule has 0 aliphatic carbocycles. The highest BCUT2D eigenvalue weighted by Gasteiger charge is 2.47. The Bertz CT molecular complexity index is 1470. The van der Waals surface area contributed by atoms with Crippen molar-refractivity contribution < 1.29 is 17.9 Å². The lowest BCUT2D eigenvalue weighted by Crippen LogP contribution is -2.40. The largest absolute Gasteiger partial charge is 0.497 e. The van der Waals surface area contributed by atoms with E-state index in [1.807, 2.05) is 54.6 Å². The van der Waals surface area contributed by atoms with Crippen LogP contribution in [0.25, 0.3) is 11.1 Å². The first kappa shape index (κ1) is 24.8. The van der Waals surface area contributed by atoms with E-state index in [0.29, 0.717) is 18.7 Å². The summed E-state index contributed by atoms with van der Waals surface area (Å²) in [5.74, 6) is 0.659. The van der Waals surface area contributed by atoms with Crippen LogP contribution in [0.1, 0.15) is 30.9 Å². The van der Waals surface area contributed by atoms with E-state index in [4.69, 9.17) is 10.1 Å². The lowest BCUT2D eigenvalue weighted by molar-refractivity contribution is -0.131. The van der Waals surface area contributed by atoms with Crippen molar-refractivity contribution in [2.45, 2.75) is 31.8 Å². The maximum absolute atomic E-state index is 13.7. The van der Waals surface area contributed by atoms with Crippen LogP contribution in [0.15, 0.2) is 72.8 Å². The van der Waals surface area contributed by atoms with Crippen molar-refractivity contribution >= 4 is 27.6 Å². The van der Waals surface area contributed by atoms with Gasteiger partial charge >= 0.3 is 0 Å². The third kappa shape index (κ3) is 4.67. The molecule has 5 rings (SSSR count). The number of nitrogens with one attached hydrogen (secondary N) is 2. The third-order valence-corrected chi connectivity index (χ3v) is 8.91. The zero-order valence-electron chi connectivity index (χ0n) is 20.9. The van der Waals surface area contributed by atoms with Gasteiger partial charge in [0.15, 0.2) is 5.96 Å². The van der Waals surface area contributed by atoms with Crippen molar-refractivity contribution in [2.24, 2.45) is 0 Å². The number of sulfonamides is 1.